The number of hydrogen-bond acceptors (Lipinski definition) is 1. The second-order valence-corrected chi connectivity index (χ2v) is 18.5. The molecule has 0 unspecified atom stereocenters. The average Bonchev–Trinajstić information content (AvgIpc) is 4.00. The molecule has 10 aromatic carbocycles. The second-order valence-electron chi connectivity index (χ2n) is 18.5. The van der Waals surface area contributed by atoms with Crippen molar-refractivity contribution in [1.82, 2.24) is 0 Å². The lowest BCUT2D eigenvalue weighted by Crippen LogP contribution is -2.28. The fraction of sp³-hybridized carbons (Fsp3) is 0.0909. The summed E-state index contributed by atoms with van der Waals surface area (Å²) in [6.45, 7) is 4.76. The topological polar surface area (TPSA) is 3.24 Å². The third kappa shape index (κ3) is 5.61. The summed E-state index contributed by atoms with van der Waals surface area (Å²) in [5.41, 5.74) is 24.1. The standard InChI is InChI=1S/C66H49N/c1-3-65(4-2)60-42-44(34-36-45-20-18-33-59-63(45)56-29-16-17-32-58(56)66(59,46-21-8-5-9-22-46)47-23-10-6-11-24-47)35-38-52(60)53-39-37-49(43-61(53)65)67(48-25-12-7-13-26-48)62-41-40-55-51-28-15-14-27-50(51)54-30-19-31-57(62)64(54)55/h5-43H,3-4H2,1-2H3/b36-34+. The van der Waals surface area contributed by atoms with E-state index in [2.05, 4.69) is 255 Å². The monoisotopic (exact) mass is 855 g/mol. The van der Waals surface area contributed by atoms with Crippen molar-refractivity contribution in [2.24, 2.45) is 0 Å². The minimum absolute atomic E-state index is 0.131. The van der Waals surface area contributed by atoms with Crippen LogP contribution in [0.1, 0.15) is 71.2 Å². The number of hydrogen-bond donors (Lipinski definition) is 0. The molecular formula is C66H49N. The van der Waals surface area contributed by atoms with E-state index in [-0.39, 0.29) is 5.41 Å². The van der Waals surface area contributed by atoms with Crippen molar-refractivity contribution in [3.8, 4) is 44.5 Å². The van der Waals surface area contributed by atoms with Gasteiger partial charge in [0.1, 0.15) is 0 Å². The number of benzene rings is 10. The maximum atomic E-state index is 2.51. The fourth-order valence-corrected chi connectivity index (χ4v) is 12.6. The third-order valence-corrected chi connectivity index (χ3v) is 15.6. The lowest BCUT2D eigenvalue weighted by Gasteiger charge is -2.33. The minimum atomic E-state index is -0.422. The summed E-state index contributed by atoms with van der Waals surface area (Å²) in [5.74, 6) is 0. The molecule has 318 valence electrons. The number of para-hydroxylation sites is 1. The SMILES string of the molecule is CCC1(CC)c2cc(/C=C/c3cccc4c3-c3ccccc3C4(c3ccccc3)c3ccccc3)ccc2-c2ccc(N(c3ccccc3)c3ccc4c5c(cccc35)-c3ccccc3-4)cc21. The Bertz CT molecular complexity index is 3530. The maximum absolute atomic E-state index is 2.51. The lowest BCUT2D eigenvalue weighted by molar-refractivity contribution is 0.490. The number of fused-ring (bicyclic) bond motifs is 9. The first-order valence-electron chi connectivity index (χ1n) is 24.0. The fourth-order valence-electron chi connectivity index (χ4n) is 12.6. The first-order valence-corrected chi connectivity index (χ1v) is 24.0. The van der Waals surface area contributed by atoms with Crippen LogP contribution >= 0.6 is 0 Å². The van der Waals surface area contributed by atoms with Crippen LogP contribution in [-0.2, 0) is 10.8 Å². The summed E-state index contributed by atoms with van der Waals surface area (Å²) in [6.07, 6.45) is 6.72. The quantitative estimate of drug-likeness (QED) is 0.131. The van der Waals surface area contributed by atoms with Crippen LogP contribution in [0.15, 0.2) is 224 Å². The van der Waals surface area contributed by atoms with Crippen LogP contribution in [0.25, 0.3) is 67.4 Å². The van der Waals surface area contributed by atoms with Gasteiger partial charge in [-0.2, -0.15) is 0 Å². The summed E-state index contributed by atoms with van der Waals surface area (Å²) in [7, 11) is 0. The zero-order valence-corrected chi connectivity index (χ0v) is 37.9. The molecular weight excluding hydrogens is 807 g/mol. The van der Waals surface area contributed by atoms with Crippen LogP contribution in [0, 0.1) is 0 Å². The first-order chi connectivity index (χ1) is 33.1. The Balaban J connectivity index is 0.916. The van der Waals surface area contributed by atoms with Crippen molar-refractivity contribution in [2.75, 3.05) is 4.90 Å². The molecule has 1 heteroatoms. The predicted molar refractivity (Wildman–Crippen MR) is 283 cm³/mol. The van der Waals surface area contributed by atoms with Crippen molar-refractivity contribution < 1.29 is 0 Å². The molecule has 3 aliphatic rings. The Morgan fingerprint density at radius 3 is 1.64 bits per heavy atom. The smallest absolute Gasteiger partial charge is 0.0713 e. The molecule has 0 aliphatic heterocycles. The van der Waals surface area contributed by atoms with Gasteiger partial charge in [-0.1, -0.05) is 220 Å². The molecule has 0 fully saturated rings. The van der Waals surface area contributed by atoms with Gasteiger partial charge in [0.2, 0.25) is 0 Å². The van der Waals surface area contributed by atoms with Gasteiger partial charge in [0, 0.05) is 22.2 Å². The van der Waals surface area contributed by atoms with Crippen LogP contribution in [0.4, 0.5) is 17.1 Å². The second kappa shape index (κ2) is 15.3. The maximum Gasteiger partial charge on any atom is 0.0713 e. The zero-order chi connectivity index (χ0) is 44.7. The first kappa shape index (κ1) is 39.4. The molecule has 0 saturated carbocycles. The van der Waals surface area contributed by atoms with E-state index >= 15 is 0 Å². The van der Waals surface area contributed by atoms with Crippen LogP contribution in [0.2, 0.25) is 0 Å². The molecule has 13 rings (SSSR count). The molecule has 3 aliphatic carbocycles. The van der Waals surface area contributed by atoms with Crippen molar-refractivity contribution in [3.05, 3.63) is 269 Å². The van der Waals surface area contributed by atoms with Gasteiger partial charge in [0.15, 0.2) is 0 Å². The van der Waals surface area contributed by atoms with Crippen molar-refractivity contribution in [2.45, 2.75) is 37.5 Å². The normalized spacial score (nSPS) is 14.1. The number of anilines is 3. The van der Waals surface area contributed by atoms with E-state index in [0.29, 0.717) is 0 Å². The molecule has 1 nitrogen and oxygen atoms in total. The highest BCUT2D eigenvalue weighted by molar-refractivity contribution is 6.19. The van der Waals surface area contributed by atoms with Crippen LogP contribution < -0.4 is 4.90 Å². The van der Waals surface area contributed by atoms with Crippen molar-refractivity contribution >= 4 is 40.0 Å². The van der Waals surface area contributed by atoms with Gasteiger partial charge in [0.05, 0.1) is 11.1 Å². The van der Waals surface area contributed by atoms with Crippen LogP contribution in [0.5, 0.6) is 0 Å². The van der Waals surface area contributed by atoms with Gasteiger partial charge < -0.3 is 4.90 Å². The van der Waals surface area contributed by atoms with Crippen molar-refractivity contribution in [3.63, 3.8) is 0 Å². The van der Waals surface area contributed by atoms with Crippen LogP contribution in [-0.4, -0.2) is 0 Å². The molecule has 0 radical (unpaired) electrons. The van der Waals surface area contributed by atoms with Gasteiger partial charge in [-0.05, 0) is 138 Å². The summed E-state index contributed by atoms with van der Waals surface area (Å²) >= 11 is 0. The molecule has 10 aromatic rings. The Kier molecular flexibility index (Phi) is 8.99. The third-order valence-electron chi connectivity index (χ3n) is 15.6. The van der Waals surface area contributed by atoms with E-state index in [1.54, 1.807) is 0 Å². The summed E-state index contributed by atoms with van der Waals surface area (Å²) in [6, 6.07) is 83.8. The summed E-state index contributed by atoms with van der Waals surface area (Å²) in [5, 5.41) is 2.61. The Morgan fingerprint density at radius 2 is 0.940 bits per heavy atom. The van der Waals surface area contributed by atoms with Crippen molar-refractivity contribution in [1.29, 1.82) is 0 Å². The zero-order valence-electron chi connectivity index (χ0n) is 37.9. The molecule has 0 spiro atoms. The van der Waals surface area contributed by atoms with E-state index in [0.717, 1.165) is 18.5 Å². The number of nitrogens with zero attached hydrogens (tertiary/aromatic N) is 1. The molecule has 0 N–H and O–H groups in total. The number of rotatable bonds is 9. The van der Waals surface area contributed by atoms with E-state index in [1.807, 2.05) is 0 Å². The largest absolute Gasteiger partial charge is 0.310 e. The van der Waals surface area contributed by atoms with Gasteiger partial charge in [-0.15, -0.1) is 0 Å². The Labute approximate surface area is 394 Å². The van der Waals surface area contributed by atoms with Gasteiger partial charge in [-0.25, -0.2) is 0 Å². The highest BCUT2D eigenvalue weighted by Gasteiger charge is 2.46. The van der Waals surface area contributed by atoms with E-state index in [9.17, 15) is 0 Å². The molecule has 0 amide bonds. The van der Waals surface area contributed by atoms with Gasteiger partial charge in [-0.3, -0.25) is 0 Å². The molecule has 0 heterocycles. The van der Waals surface area contributed by atoms with E-state index < -0.39 is 5.41 Å². The summed E-state index contributed by atoms with van der Waals surface area (Å²) in [4.78, 5) is 2.49. The van der Waals surface area contributed by atoms with Gasteiger partial charge >= 0.3 is 0 Å². The average molecular weight is 856 g/mol. The highest BCUT2D eigenvalue weighted by atomic mass is 15.1. The lowest BCUT2D eigenvalue weighted by atomic mass is 9.67. The molecule has 0 saturated heterocycles. The van der Waals surface area contributed by atoms with Crippen LogP contribution in [0.3, 0.4) is 0 Å². The highest BCUT2D eigenvalue weighted by Crippen LogP contribution is 2.58. The van der Waals surface area contributed by atoms with E-state index in [4.69, 9.17) is 0 Å². The Hall–Kier alpha value is -8.00. The van der Waals surface area contributed by atoms with Gasteiger partial charge in [0.25, 0.3) is 0 Å². The molecule has 0 atom stereocenters. The molecule has 0 aromatic heterocycles. The minimum Gasteiger partial charge on any atom is -0.310 e. The molecule has 67 heavy (non-hydrogen) atoms. The van der Waals surface area contributed by atoms with E-state index in [1.165, 1.54) is 111 Å². The molecule has 0 bridgehead atoms. The summed E-state index contributed by atoms with van der Waals surface area (Å²) < 4.78 is 0. The Morgan fingerprint density at radius 1 is 0.388 bits per heavy atom. The predicted octanol–water partition coefficient (Wildman–Crippen LogP) is 17.6.